The number of hydrogen-bond acceptors (Lipinski definition) is 1. The third-order valence-electron chi connectivity index (χ3n) is 2.57. The van der Waals surface area contributed by atoms with E-state index in [1.165, 1.54) is 0 Å². The number of halogens is 1. The number of benzene rings is 2. The lowest BCUT2D eigenvalue weighted by atomic mass is 10.0. The third-order valence-corrected chi connectivity index (χ3v) is 3.03. The van der Waals surface area contributed by atoms with Gasteiger partial charge in [0, 0.05) is 16.5 Å². The van der Waals surface area contributed by atoms with Crippen molar-refractivity contribution in [3.05, 3.63) is 69.7 Å². The molecule has 0 saturated carbocycles. The Bertz CT molecular complexity index is 512. The lowest BCUT2D eigenvalue weighted by Gasteiger charge is -2.04. The highest BCUT2D eigenvalue weighted by Gasteiger charge is 2.08. The maximum absolute atomic E-state index is 12.1. The molecule has 0 bridgehead atoms. The molecule has 2 aromatic rings. The number of ketones is 1. The minimum absolute atomic E-state index is 0.153. The highest BCUT2D eigenvalue weighted by atomic mass is 79.9. The van der Waals surface area contributed by atoms with Crippen LogP contribution in [0.3, 0.4) is 0 Å². The highest BCUT2D eigenvalue weighted by Crippen LogP contribution is 2.17. The van der Waals surface area contributed by atoms with E-state index in [1.54, 1.807) is 0 Å². The molecule has 0 fully saturated rings. The SMILES string of the molecule is Cc1cc(Br)cc(C(=O)Cc2ccccc2)c1. The molecule has 0 heterocycles. The Morgan fingerprint density at radius 2 is 1.82 bits per heavy atom. The number of carbonyl (C=O) groups is 1. The monoisotopic (exact) mass is 288 g/mol. The average molecular weight is 289 g/mol. The molecule has 0 amide bonds. The van der Waals surface area contributed by atoms with Gasteiger partial charge in [-0.2, -0.15) is 0 Å². The predicted molar refractivity (Wildman–Crippen MR) is 73.4 cm³/mol. The van der Waals surface area contributed by atoms with Gasteiger partial charge in [0.15, 0.2) is 5.78 Å². The molecule has 0 saturated heterocycles. The van der Waals surface area contributed by atoms with Gasteiger partial charge in [0.1, 0.15) is 0 Å². The molecule has 0 aliphatic heterocycles. The molecular weight excluding hydrogens is 276 g/mol. The summed E-state index contributed by atoms with van der Waals surface area (Å²) in [6, 6.07) is 15.6. The fourth-order valence-corrected chi connectivity index (χ4v) is 2.39. The molecule has 0 radical (unpaired) electrons. The quantitative estimate of drug-likeness (QED) is 0.775. The largest absolute Gasteiger partial charge is 0.294 e. The molecule has 2 heteroatoms. The first kappa shape index (κ1) is 12.1. The van der Waals surface area contributed by atoms with Gasteiger partial charge in [0.05, 0.1) is 0 Å². The Morgan fingerprint density at radius 3 is 2.47 bits per heavy atom. The van der Waals surface area contributed by atoms with Crippen LogP contribution in [0.25, 0.3) is 0 Å². The first-order valence-electron chi connectivity index (χ1n) is 5.49. The summed E-state index contributed by atoms with van der Waals surface area (Å²) in [4.78, 5) is 12.1. The highest BCUT2D eigenvalue weighted by molar-refractivity contribution is 9.10. The van der Waals surface area contributed by atoms with Crippen molar-refractivity contribution in [3.8, 4) is 0 Å². The van der Waals surface area contributed by atoms with E-state index < -0.39 is 0 Å². The third kappa shape index (κ3) is 3.27. The Morgan fingerprint density at radius 1 is 1.12 bits per heavy atom. The van der Waals surface area contributed by atoms with Crippen LogP contribution in [0, 0.1) is 6.92 Å². The van der Waals surface area contributed by atoms with E-state index in [9.17, 15) is 4.79 Å². The zero-order chi connectivity index (χ0) is 12.3. The van der Waals surface area contributed by atoms with Crippen molar-refractivity contribution in [3.63, 3.8) is 0 Å². The van der Waals surface area contributed by atoms with Crippen LogP contribution in [0.2, 0.25) is 0 Å². The van der Waals surface area contributed by atoms with Crippen molar-refractivity contribution in [1.29, 1.82) is 0 Å². The minimum Gasteiger partial charge on any atom is -0.294 e. The molecule has 86 valence electrons. The molecule has 2 aromatic carbocycles. The van der Waals surface area contributed by atoms with E-state index in [-0.39, 0.29) is 5.78 Å². The molecule has 17 heavy (non-hydrogen) atoms. The first-order valence-corrected chi connectivity index (χ1v) is 6.29. The number of hydrogen-bond donors (Lipinski definition) is 0. The molecule has 1 nitrogen and oxygen atoms in total. The maximum Gasteiger partial charge on any atom is 0.167 e. The van der Waals surface area contributed by atoms with Crippen LogP contribution in [-0.2, 0) is 6.42 Å². The van der Waals surface area contributed by atoms with Crippen LogP contribution in [0.4, 0.5) is 0 Å². The molecule has 0 atom stereocenters. The van der Waals surface area contributed by atoms with Crippen molar-refractivity contribution in [2.75, 3.05) is 0 Å². The molecule has 2 rings (SSSR count). The van der Waals surface area contributed by atoms with Crippen LogP contribution in [0.15, 0.2) is 53.0 Å². The van der Waals surface area contributed by atoms with Crippen molar-refractivity contribution >= 4 is 21.7 Å². The van der Waals surface area contributed by atoms with Crippen LogP contribution in [-0.4, -0.2) is 5.78 Å². The molecule has 0 aliphatic carbocycles. The van der Waals surface area contributed by atoms with Gasteiger partial charge in [-0.05, 0) is 36.2 Å². The Kier molecular flexibility index (Phi) is 3.75. The molecule has 0 aromatic heterocycles. The topological polar surface area (TPSA) is 17.1 Å². The summed E-state index contributed by atoms with van der Waals surface area (Å²) in [5.74, 6) is 0.153. The molecule has 0 N–H and O–H groups in total. The number of rotatable bonds is 3. The summed E-state index contributed by atoms with van der Waals surface area (Å²) in [7, 11) is 0. The van der Waals surface area contributed by atoms with Crippen LogP contribution in [0.1, 0.15) is 21.5 Å². The summed E-state index contributed by atoms with van der Waals surface area (Å²) in [6.45, 7) is 1.99. The zero-order valence-electron chi connectivity index (χ0n) is 9.61. The van der Waals surface area contributed by atoms with Crippen molar-refractivity contribution in [2.45, 2.75) is 13.3 Å². The van der Waals surface area contributed by atoms with Crippen LogP contribution in [0.5, 0.6) is 0 Å². The molecule has 0 unspecified atom stereocenters. The van der Waals surface area contributed by atoms with E-state index in [1.807, 2.05) is 55.5 Å². The van der Waals surface area contributed by atoms with E-state index in [0.717, 1.165) is 21.2 Å². The van der Waals surface area contributed by atoms with Crippen molar-refractivity contribution < 1.29 is 4.79 Å². The Labute approximate surface area is 110 Å². The summed E-state index contributed by atoms with van der Waals surface area (Å²) in [5.41, 5.74) is 2.91. The van der Waals surface area contributed by atoms with Gasteiger partial charge in [-0.15, -0.1) is 0 Å². The number of Topliss-reactive ketones (excluding diaryl/α,β-unsaturated/α-hetero) is 1. The van der Waals surface area contributed by atoms with Crippen molar-refractivity contribution in [2.24, 2.45) is 0 Å². The molecule has 0 spiro atoms. The lowest BCUT2D eigenvalue weighted by Crippen LogP contribution is -2.03. The van der Waals surface area contributed by atoms with Gasteiger partial charge in [-0.25, -0.2) is 0 Å². The first-order chi connectivity index (χ1) is 8.15. The normalized spacial score (nSPS) is 10.2. The second-order valence-corrected chi connectivity index (χ2v) is 5.02. The van der Waals surface area contributed by atoms with Gasteiger partial charge < -0.3 is 0 Å². The Balaban J connectivity index is 2.20. The van der Waals surface area contributed by atoms with E-state index in [0.29, 0.717) is 6.42 Å². The van der Waals surface area contributed by atoms with Crippen molar-refractivity contribution in [1.82, 2.24) is 0 Å². The van der Waals surface area contributed by atoms with Gasteiger partial charge in [-0.3, -0.25) is 4.79 Å². The van der Waals surface area contributed by atoms with Crippen LogP contribution < -0.4 is 0 Å². The van der Waals surface area contributed by atoms with Gasteiger partial charge >= 0.3 is 0 Å². The van der Waals surface area contributed by atoms with Gasteiger partial charge in [0.2, 0.25) is 0 Å². The van der Waals surface area contributed by atoms with E-state index in [2.05, 4.69) is 15.9 Å². The lowest BCUT2D eigenvalue weighted by molar-refractivity contribution is 0.0993. The molecular formula is C15H13BrO. The minimum atomic E-state index is 0.153. The van der Waals surface area contributed by atoms with Crippen LogP contribution >= 0.6 is 15.9 Å². The second-order valence-electron chi connectivity index (χ2n) is 4.10. The number of aryl methyl sites for hydroxylation is 1. The smallest absolute Gasteiger partial charge is 0.167 e. The summed E-state index contributed by atoms with van der Waals surface area (Å²) in [6.07, 6.45) is 0.455. The fraction of sp³-hybridized carbons (Fsp3) is 0.133. The Hall–Kier alpha value is -1.41. The summed E-state index contributed by atoms with van der Waals surface area (Å²) < 4.78 is 0.953. The van der Waals surface area contributed by atoms with Gasteiger partial charge in [-0.1, -0.05) is 46.3 Å². The maximum atomic E-state index is 12.1. The molecule has 0 aliphatic rings. The second kappa shape index (κ2) is 5.28. The fourth-order valence-electron chi connectivity index (χ4n) is 1.78. The standard InChI is InChI=1S/C15H13BrO/c1-11-7-13(10-14(16)8-11)15(17)9-12-5-3-2-4-6-12/h2-8,10H,9H2,1H3. The zero-order valence-corrected chi connectivity index (χ0v) is 11.2. The average Bonchev–Trinajstić information content (AvgIpc) is 2.29. The van der Waals surface area contributed by atoms with Gasteiger partial charge in [0.25, 0.3) is 0 Å². The number of carbonyl (C=O) groups excluding carboxylic acids is 1. The van der Waals surface area contributed by atoms with E-state index in [4.69, 9.17) is 0 Å². The summed E-state index contributed by atoms with van der Waals surface area (Å²) in [5, 5.41) is 0. The predicted octanol–water partition coefficient (Wildman–Crippen LogP) is 4.18. The van der Waals surface area contributed by atoms with E-state index >= 15 is 0 Å². The summed E-state index contributed by atoms with van der Waals surface area (Å²) >= 11 is 3.41.